The molecule has 0 unspecified atom stereocenters. The molecule has 0 spiro atoms. The van der Waals surface area contributed by atoms with Crippen molar-refractivity contribution in [2.24, 2.45) is 0 Å². The zero-order chi connectivity index (χ0) is 11.3. The van der Waals surface area contributed by atoms with Crippen LogP contribution in [0.3, 0.4) is 0 Å². The molecule has 0 aromatic heterocycles. The molecule has 2 amide bonds. The number of hydrogen-bond donors (Lipinski definition) is 3. The third-order valence-corrected chi connectivity index (χ3v) is 1.64. The van der Waals surface area contributed by atoms with Crippen LogP contribution < -0.4 is 15.6 Å². The fourth-order valence-electron chi connectivity index (χ4n) is 0.925. The molecule has 1 aromatic carbocycles. The maximum atomic E-state index is 11.3. The highest BCUT2D eigenvalue weighted by Gasteiger charge is 2.05. The largest absolute Gasteiger partial charge is 0.497 e. The Morgan fingerprint density at radius 2 is 1.80 bits per heavy atom. The van der Waals surface area contributed by atoms with Crippen molar-refractivity contribution in [3.63, 3.8) is 0 Å². The van der Waals surface area contributed by atoms with E-state index in [9.17, 15) is 9.59 Å². The SMILES string of the molecule is COc1ccc(C(=O)NNC(=O)O)cc1. The van der Waals surface area contributed by atoms with Crippen LogP contribution in [0.15, 0.2) is 24.3 Å². The van der Waals surface area contributed by atoms with Crippen LogP contribution in [0.4, 0.5) is 4.79 Å². The van der Waals surface area contributed by atoms with Crippen molar-refractivity contribution in [1.29, 1.82) is 0 Å². The van der Waals surface area contributed by atoms with E-state index in [2.05, 4.69) is 0 Å². The van der Waals surface area contributed by atoms with Crippen LogP contribution in [0.2, 0.25) is 0 Å². The molecule has 3 N–H and O–H groups in total. The number of amides is 2. The van der Waals surface area contributed by atoms with E-state index in [0.717, 1.165) is 0 Å². The Bertz CT molecular complexity index is 361. The lowest BCUT2D eigenvalue weighted by molar-refractivity contribution is 0.0926. The molecule has 0 aliphatic heterocycles. The Morgan fingerprint density at radius 1 is 1.20 bits per heavy atom. The van der Waals surface area contributed by atoms with Gasteiger partial charge in [0.05, 0.1) is 7.11 Å². The maximum Gasteiger partial charge on any atom is 0.423 e. The Hall–Kier alpha value is -2.24. The van der Waals surface area contributed by atoms with Crippen molar-refractivity contribution >= 4 is 12.0 Å². The van der Waals surface area contributed by atoms with Gasteiger partial charge in [-0.2, -0.15) is 0 Å². The molecular formula is C9H10N2O4. The van der Waals surface area contributed by atoms with Crippen LogP contribution in [0.25, 0.3) is 0 Å². The summed E-state index contributed by atoms with van der Waals surface area (Å²) < 4.78 is 4.91. The molecule has 80 valence electrons. The molecule has 15 heavy (non-hydrogen) atoms. The predicted octanol–water partition coefficient (Wildman–Crippen LogP) is 0.608. The maximum absolute atomic E-state index is 11.3. The van der Waals surface area contributed by atoms with Gasteiger partial charge in [-0.25, -0.2) is 10.2 Å². The highest BCUT2D eigenvalue weighted by Crippen LogP contribution is 2.10. The molecule has 0 radical (unpaired) electrons. The first-order chi connectivity index (χ1) is 7.13. The van der Waals surface area contributed by atoms with Crippen molar-refractivity contribution in [1.82, 2.24) is 10.9 Å². The minimum absolute atomic E-state index is 0.338. The Morgan fingerprint density at radius 3 is 2.27 bits per heavy atom. The fourth-order valence-corrected chi connectivity index (χ4v) is 0.925. The summed E-state index contributed by atoms with van der Waals surface area (Å²) in [5.74, 6) is 0.0952. The fraction of sp³-hybridized carbons (Fsp3) is 0.111. The molecule has 1 rings (SSSR count). The lowest BCUT2D eigenvalue weighted by atomic mass is 10.2. The van der Waals surface area contributed by atoms with E-state index in [1.54, 1.807) is 17.6 Å². The Labute approximate surface area is 85.8 Å². The molecular weight excluding hydrogens is 200 g/mol. The van der Waals surface area contributed by atoms with Gasteiger partial charge in [-0.1, -0.05) is 0 Å². The summed E-state index contributed by atoms with van der Waals surface area (Å²) in [7, 11) is 1.51. The summed E-state index contributed by atoms with van der Waals surface area (Å²) in [6.45, 7) is 0. The van der Waals surface area contributed by atoms with E-state index >= 15 is 0 Å². The Balaban J connectivity index is 2.62. The molecule has 6 nitrogen and oxygen atoms in total. The highest BCUT2D eigenvalue weighted by atomic mass is 16.5. The van der Waals surface area contributed by atoms with Gasteiger partial charge in [-0.05, 0) is 24.3 Å². The lowest BCUT2D eigenvalue weighted by Gasteiger charge is -2.04. The van der Waals surface area contributed by atoms with Crippen molar-refractivity contribution in [2.45, 2.75) is 0 Å². The van der Waals surface area contributed by atoms with Crippen molar-refractivity contribution in [3.8, 4) is 5.75 Å². The number of rotatable bonds is 2. The summed E-state index contributed by atoms with van der Waals surface area (Å²) in [4.78, 5) is 21.4. The first-order valence-corrected chi connectivity index (χ1v) is 4.07. The van der Waals surface area contributed by atoms with Crippen molar-refractivity contribution in [2.75, 3.05) is 7.11 Å². The third kappa shape index (κ3) is 3.18. The van der Waals surface area contributed by atoms with Crippen LogP contribution in [-0.4, -0.2) is 24.2 Å². The minimum atomic E-state index is -1.32. The van der Waals surface area contributed by atoms with Crippen LogP contribution >= 0.6 is 0 Å². The molecule has 0 saturated heterocycles. The van der Waals surface area contributed by atoms with E-state index in [0.29, 0.717) is 11.3 Å². The standard InChI is InChI=1S/C9H10N2O4/c1-15-7-4-2-6(3-5-7)8(12)10-11-9(13)14/h2-5,11H,1H3,(H,10,12)(H,13,14). The predicted molar refractivity (Wildman–Crippen MR) is 51.6 cm³/mol. The number of benzene rings is 1. The summed E-state index contributed by atoms with van der Waals surface area (Å²) in [5, 5.41) is 8.25. The lowest BCUT2D eigenvalue weighted by Crippen LogP contribution is -2.40. The van der Waals surface area contributed by atoms with Gasteiger partial charge < -0.3 is 9.84 Å². The molecule has 0 aliphatic carbocycles. The number of methoxy groups -OCH3 is 1. The van der Waals surface area contributed by atoms with Gasteiger partial charge in [-0.15, -0.1) is 0 Å². The monoisotopic (exact) mass is 210 g/mol. The van der Waals surface area contributed by atoms with Gasteiger partial charge in [0.15, 0.2) is 0 Å². The van der Waals surface area contributed by atoms with Gasteiger partial charge in [0.1, 0.15) is 5.75 Å². The molecule has 0 saturated carbocycles. The summed E-state index contributed by atoms with van der Waals surface area (Å²) in [6.07, 6.45) is -1.32. The van der Waals surface area contributed by atoms with Crippen molar-refractivity contribution < 1.29 is 19.4 Å². The second-order valence-corrected chi connectivity index (χ2v) is 2.61. The molecule has 0 heterocycles. The quantitative estimate of drug-likeness (QED) is 0.624. The molecule has 0 fully saturated rings. The second-order valence-electron chi connectivity index (χ2n) is 2.61. The summed E-state index contributed by atoms with van der Waals surface area (Å²) in [6, 6.07) is 6.26. The number of carboxylic acid groups (broad SMARTS) is 1. The average molecular weight is 210 g/mol. The number of carbonyl (C=O) groups excluding carboxylic acids is 1. The zero-order valence-electron chi connectivity index (χ0n) is 7.98. The van der Waals surface area contributed by atoms with E-state index in [4.69, 9.17) is 9.84 Å². The van der Waals surface area contributed by atoms with Crippen LogP contribution in [-0.2, 0) is 0 Å². The Kier molecular flexibility index (Phi) is 3.50. The zero-order valence-corrected chi connectivity index (χ0v) is 7.98. The third-order valence-electron chi connectivity index (χ3n) is 1.64. The number of nitrogens with one attached hydrogen (secondary N) is 2. The normalized spacial score (nSPS) is 9.13. The smallest absolute Gasteiger partial charge is 0.423 e. The number of hydrogen-bond acceptors (Lipinski definition) is 3. The average Bonchev–Trinajstić information content (AvgIpc) is 2.26. The van der Waals surface area contributed by atoms with Crippen LogP contribution in [0.5, 0.6) is 5.75 Å². The van der Waals surface area contributed by atoms with Crippen molar-refractivity contribution in [3.05, 3.63) is 29.8 Å². The summed E-state index contributed by atoms with van der Waals surface area (Å²) in [5.41, 5.74) is 4.10. The van der Waals surface area contributed by atoms with Gasteiger partial charge >= 0.3 is 6.09 Å². The number of hydrazine groups is 1. The first kappa shape index (κ1) is 10.8. The van der Waals surface area contributed by atoms with Gasteiger partial charge in [0.25, 0.3) is 5.91 Å². The molecule has 1 aromatic rings. The number of ether oxygens (including phenoxy) is 1. The molecule has 0 atom stereocenters. The van der Waals surface area contributed by atoms with Gasteiger partial charge in [-0.3, -0.25) is 10.2 Å². The van der Waals surface area contributed by atoms with E-state index < -0.39 is 12.0 Å². The van der Waals surface area contributed by atoms with Crippen LogP contribution in [0, 0.1) is 0 Å². The van der Waals surface area contributed by atoms with E-state index in [-0.39, 0.29) is 0 Å². The topological polar surface area (TPSA) is 87.7 Å². The van der Waals surface area contributed by atoms with Gasteiger partial charge in [0, 0.05) is 5.56 Å². The second kappa shape index (κ2) is 4.85. The summed E-state index contributed by atoms with van der Waals surface area (Å²) >= 11 is 0. The number of carbonyl (C=O) groups is 2. The van der Waals surface area contributed by atoms with E-state index in [1.807, 2.05) is 5.43 Å². The van der Waals surface area contributed by atoms with Crippen LogP contribution in [0.1, 0.15) is 10.4 Å². The molecule has 6 heteroatoms. The van der Waals surface area contributed by atoms with Gasteiger partial charge in [0.2, 0.25) is 0 Å². The molecule has 0 aliphatic rings. The first-order valence-electron chi connectivity index (χ1n) is 4.07. The molecule has 0 bridgehead atoms. The van der Waals surface area contributed by atoms with E-state index in [1.165, 1.54) is 19.2 Å². The highest BCUT2D eigenvalue weighted by molar-refractivity contribution is 5.94. The minimum Gasteiger partial charge on any atom is -0.497 e.